The molecule has 0 spiro atoms. The fourth-order valence-electron chi connectivity index (χ4n) is 4.30. The molecule has 1 saturated carbocycles. The van der Waals surface area contributed by atoms with Gasteiger partial charge < -0.3 is 20.7 Å². The number of anilines is 1. The highest BCUT2D eigenvalue weighted by molar-refractivity contribution is 6.00. The lowest BCUT2D eigenvalue weighted by Gasteiger charge is -2.36. The van der Waals surface area contributed by atoms with E-state index in [4.69, 9.17) is 10.5 Å². The number of aryl methyl sites for hydroxylation is 1. The first kappa shape index (κ1) is 20.6. The summed E-state index contributed by atoms with van der Waals surface area (Å²) in [6.07, 6.45) is 8.60. The zero-order valence-electron chi connectivity index (χ0n) is 17.0. The van der Waals surface area contributed by atoms with Gasteiger partial charge in [0.05, 0.1) is 17.9 Å². The van der Waals surface area contributed by atoms with Gasteiger partial charge in [-0.3, -0.25) is 4.79 Å². The van der Waals surface area contributed by atoms with Crippen LogP contribution >= 0.6 is 0 Å². The smallest absolute Gasteiger partial charge is 0.341 e. The molecule has 0 atom stereocenters. The molecule has 1 aromatic heterocycles. The number of aromatic nitrogens is 1. The van der Waals surface area contributed by atoms with Gasteiger partial charge in [-0.1, -0.05) is 19.3 Å². The standard InChI is InChI=1S/C21H32N4O3/c1-3-28-21(27)18-13-17(19(22)26)14(2)23-20(18)25-11-9-16(10-12-25)24-15-7-5-4-6-8-15/h13,15-16,24H,3-12H2,1-2H3,(H2,22,26). The zero-order valence-corrected chi connectivity index (χ0v) is 17.0. The Morgan fingerprint density at radius 2 is 1.79 bits per heavy atom. The van der Waals surface area contributed by atoms with Gasteiger partial charge >= 0.3 is 5.97 Å². The number of nitrogens with one attached hydrogen (secondary N) is 1. The van der Waals surface area contributed by atoms with E-state index in [1.807, 2.05) is 0 Å². The first-order chi connectivity index (χ1) is 13.5. The molecule has 7 heteroatoms. The molecule has 0 bridgehead atoms. The third-order valence-electron chi connectivity index (χ3n) is 5.82. The first-order valence-electron chi connectivity index (χ1n) is 10.5. The van der Waals surface area contributed by atoms with Gasteiger partial charge in [0.15, 0.2) is 0 Å². The van der Waals surface area contributed by atoms with Crippen LogP contribution in [0.15, 0.2) is 6.07 Å². The summed E-state index contributed by atoms with van der Waals surface area (Å²) < 4.78 is 5.19. The number of amides is 1. The van der Waals surface area contributed by atoms with Gasteiger partial charge in [-0.05, 0) is 45.6 Å². The molecule has 1 aliphatic carbocycles. The second kappa shape index (κ2) is 9.37. The van der Waals surface area contributed by atoms with E-state index in [-0.39, 0.29) is 12.2 Å². The number of hydrogen-bond donors (Lipinski definition) is 2. The van der Waals surface area contributed by atoms with Gasteiger partial charge in [-0.15, -0.1) is 0 Å². The molecule has 0 aromatic carbocycles. The van der Waals surface area contributed by atoms with Gasteiger partial charge in [0.2, 0.25) is 0 Å². The van der Waals surface area contributed by atoms with Crippen LogP contribution in [0.5, 0.6) is 0 Å². The summed E-state index contributed by atoms with van der Waals surface area (Å²) in [6.45, 7) is 5.41. The number of carbonyl (C=O) groups excluding carboxylic acids is 2. The number of carbonyl (C=O) groups is 2. The molecular weight excluding hydrogens is 356 g/mol. The SMILES string of the molecule is CCOC(=O)c1cc(C(N)=O)c(C)nc1N1CCC(NC2CCCCC2)CC1. The summed E-state index contributed by atoms with van der Waals surface area (Å²) in [6, 6.07) is 2.69. The van der Waals surface area contributed by atoms with Crippen LogP contribution in [0.25, 0.3) is 0 Å². The minimum atomic E-state index is -0.586. The summed E-state index contributed by atoms with van der Waals surface area (Å²) in [5, 5.41) is 3.82. The molecule has 3 rings (SSSR count). The van der Waals surface area contributed by atoms with Crippen molar-refractivity contribution in [2.75, 3.05) is 24.6 Å². The molecule has 1 saturated heterocycles. The molecule has 2 fully saturated rings. The summed E-state index contributed by atoms with van der Waals surface area (Å²) in [5.41, 5.74) is 6.56. The van der Waals surface area contributed by atoms with Gasteiger partial charge in [0.1, 0.15) is 11.4 Å². The van der Waals surface area contributed by atoms with Crippen molar-refractivity contribution in [3.05, 3.63) is 22.9 Å². The molecular formula is C21H32N4O3. The Bertz CT molecular complexity index is 708. The molecule has 0 radical (unpaired) electrons. The van der Waals surface area contributed by atoms with Crippen LogP contribution in [0.1, 0.15) is 78.3 Å². The number of hydrogen-bond acceptors (Lipinski definition) is 6. The number of ether oxygens (including phenoxy) is 1. The lowest BCUT2D eigenvalue weighted by Crippen LogP contribution is -2.47. The fraction of sp³-hybridized carbons (Fsp3) is 0.667. The van der Waals surface area contributed by atoms with Crippen molar-refractivity contribution in [2.45, 2.75) is 70.9 Å². The maximum absolute atomic E-state index is 12.5. The second-order valence-corrected chi connectivity index (χ2v) is 7.84. The van der Waals surface area contributed by atoms with Gasteiger partial charge in [0.25, 0.3) is 5.91 Å². The average Bonchev–Trinajstić information content (AvgIpc) is 2.69. The van der Waals surface area contributed by atoms with E-state index in [2.05, 4.69) is 15.2 Å². The molecule has 2 heterocycles. The van der Waals surface area contributed by atoms with Crippen molar-refractivity contribution in [3.8, 4) is 0 Å². The maximum Gasteiger partial charge on any atom is 0.341 e. The lowest BCUT2D eigenvalue weighted by molar-refractivity contribution is 0.0526. The third-order valence-corrected chi connectivity index (χ3v) is 5.82. The van der Waals surface area contributed by atoms with E-state index in [9.17, 15) is 9.59 Å². The van der Waals surface area contributed by atoms with Crippen molar-refractivity contribution in [1.82, 2.24) is 10.3 Å². The molecule has 28 heavy (non-hydrogen) atoms. The van der Waals surface area contributed by atoms with E-state index in [0.29, 0.717) is 29.2 Å². The van der Waals surface area contributed by atoms with Crippen LogP contribution in [-0.4, -0.2) is 48.6 Å². The van der Waals surface area contributed by atoms with Crippen molar-refractivity contribution < 1.29 is 14.3 Å². The summed E-state index contributed by atoms with van der Waals surface area (Å²) in [4.78, 5) is 30.8. The molecule has 7 nitrogen and oxygen atoms in total. The fourth-order valence-corrected chi connectivity index (χ4v) is 4.30. The first-order valence-corrected chi connectivity index (χ1v) is 10.5. The monoisotopic (exact) mass is 388 g/mol. The topological polar surface area (TPSA) is 97.5 Å². The Balaban J connectivity index is 1.72. The van der Waals surface area contributed by atoms with Crippen molar-refractivity contribution in [2.24, 2.45) is 5.73 Å². The highest BCUT2D eigenvalue weighted by Gasteiger charge is 2.27. The van der Waals surface area contributed by atoms with Crippen molar-refractivity contribution in [3.63, 3.8) is 0 Å². The highest BCUT2D eigenvalue weighted by atomic mass is 16.5. The molecule has 1 amide bonds. The van der Waals surface area contributed by atoms with Crippen LogP contribution in [-0.2, 0) is 4.74 Å². The number of nitrogens with zero attached hydrogens (tertiary/aromatic N) is 2. The lowest BCUT2D eigenvalue weighted by atomic mass is 9.93. The van der Waals surface area contributed by atoms with E-state index in [1.54, 1.807) is 13.8 Å². The van der Waals surface area contributed by atoms with Gasteiger partial charge in [-0.2, -0.15) is 0 Å². The van der Waals surface area contributed by atoms with E-state index in [0.717, 1.165) is 25.9 Å². The quantitative estimate of drug-likeness (QED) is 0.727. The van der Waals surface area contributed by atoms with Gasteiger partial charge in [-0.25, -0.2) is 9.78 Å². The predicted molar refractivity (Wildman–Crippen MR) is 109 cm³/mol. The Morgan fingerprint density at radius 1 is 1.14 bits per heavy atom. The largest absolute Gasteiger partial charge is 0.462 e. The summed E-state index contributed by atoms with van der Waals surface area (Å²) >= 11 is 0. The van der Waals surface area contributed by atoms with Crippen LogP contribution < -0.4 is 16.0 Å². The zero-order chi connectivity index (χ0) is 20.1. The maximum atomic E-state index is 12.5. The number of rotatable bonds is 6. The second-order valence-electron chi connectivity index (χ2n) is 7.84. The Hall–Kier alpha value is -2.15. The minimum absolute atomic E-state index is 0.264. The number of primary amides is 1. The minimum Gasteiger partial charge on any atom is -0.462 e. The van der Waals surface area contributed by atoms with E-state index < -0.39 is 11.9 Å². The third kappa shape index (κ3) is 4.82. The average molecular weight is 389 g/mol. The number of esters is 1. The number of pyridine rings is 1. The number of piperidine rings is 1. The number of nitrogens with two attached hydrogens (primary N) is 1. The summed E-state index contributed by atoms with van der Waals surface area (Å²) in [5.74, 6) is -0.454. The predicted octanol–water partition coefficient (Wildman–Crippen LogP) is 2.56. The van der Waals surface area contributed by atoms with Gasteiger partial charge in [0, 0.05) is 25.2 Å². The molecule has 154 valence electrons. The van der Waals surface area contributed by atoms with Crippen molar-refractivity contribution >= 4 is 17.7 Å². The van der Waals surface area contributed by atoms with E-state index in [1.165, 1.54) is 38.2 Å². The molecule has 0 unspecified atom stereocenters. The molecule has 2 aliphatic rings. The van der Waals surface area contributed by atoms with Crippen LogP contribution in [0, 0.1) is 6.92 Å². The van der Waals surface area contributed by atoms with Crippen LogP contribution in [0.3, 0.4) is 0 Å². The van der Waals surface area contributed by atoms with E-state index >= 15 is 0 Å². The van der Waals surface area contributed by atoms with Crippen LogP contribution in [0.2, 0.25) is 0 Å². The Labute approximate surface area is 167 Å². The summed E-state index contributed by atoms with van der Waals surface area (Å²) in [7, 11) is 0. The molecule has 1 aromatic rings. The molecule has 1 aliphatic heterocycles. The van der Waals surface area contributed by atoms with Crippen molar-refractivity contribution in [1.29, 1.82) is 0 Å². The highest BCUT2D eigenvalue weighted by Crippen LogP contribution is 2.26. The Morgan fingerprint density at radius 3 is 2.39 bits per heavy atom. The molecule has 3 N–H and O–H groups in total. The Kier molecular flexibility index (Phi) is 6.88. The normalized spacial score (nSPS) is 18.9. The van der Waals surface area contributed by atoms with Crippen LogP contribution in [0.4, 0.5) is 5.82 Å².